The average molecular weight is 457 g/mol. The van der Waals surface area contributed by atoms with E-state index in [-0.39, 0.29) is 6.03 Å². The molecule has 1 saturated heterocycles. The molecule has 1 aliphatic rings. The molecule has 0 spiro atoms. The second-order valence-electron chi connectivity index (χ2n) is 8.23. The molecule has 0 aliphatic carbocycles. The maximum absolute atomic E-state index is 12.7. The van der Waals surface area contributed by atoms with Crippen LogP contribution in [0, 0.1) is 0 Å². The summed E-state index contributed by atoms with van der Waals surface area (Å²) in [7, 11) is 1.56. The Morgan fingerprint density at radius 1 is 1.19 bits per heavy atom. The summed E-state index contributed by atoms with van der Waals surface area (Å²) in [5.74, 6) is 1.98. The first kappa shape index (κ1) is 22.4. The van der Waals surface area contributed by atoms with Crippen LogP contribution in [-0.2, 0) is 6.54 Å². The molecule has 1 N–H and O–H groups in total. The second-order valence-corrected chi connectivity index (χ2v) is 8.64. The van der Waals surface area contributed by atoms with Crippen molar-refractivity contribution < 1.29 is 9.53 Å². The van der Waals surface area contributed by atoms with Gasteiger partial charge in [-0.25, -0.2) is 14.8 Å². The Morgan fingerprint density at radius 3 is 2.66 bits per heavy atom. The van der Waals surface area contributed by atoms with Gasteiger partial charge in [-0.05, 0) is 30.3 Å². The van der Waals surface area contributed by atoms with Crippen molar-refractivity contribution in [2.45, 2.75) is 26.3 Å². The number of carbonyl (C=O) groups excluding carboxylic acids is 1. The first-order valence-corrected chi connectivity index (χ1v) is 11.3. The number of hydrogen-bond donors (Lipinski definition) is 1. The number of benzene rings is 1. The van der Waals surface area contributed by atoms with Crippen molar-refractivity contribution in [2.24, 2.45) is 0 Å². The number of amides is 2. The minimum atomic E-state index is -0.113. The van der Waals surface area contributed by atoms with Crippen LogP contribution in [0.4, 0.5) is 10.5 Å². The van der Waals surface area contributed by atoms with Crippen molar-refractivity contribution in [3.05, 3.63) is 47.4 Å². The van der Waals surface area contributed by atoms with E-state index in [2.05, 4.69) is 33.6 Å². The summed E-state index contributed by atoms with van der Waals surface area (Å²) in [5, 5.41) is 3.39. The fraction of sp³-hybridized carbons (Fsp3) is 0.435. The van der Waals surface area contributed by atoms with Crippen LogP contribution in [0.5, 0.6) is 5.75 Å². The van der Waals surface area contributed by atoms with Gasteiger partial charge in [0.1, 0.15) is 17.1 Å². The van der Waals surface area contributed by atoms with Crippen molar-refractivity contribution in [3.63, 3.8) is 0 Å². The third kappa shape index (κ3) is 4.81. The second kappa shape index (κ2) is 9.75. The van der Waals surface area contributed by atoms with Gasteiger partial charge in [-0.3, -0.25) is 4.90 Å². The van der Waals surface area contributed by atoms with Crippen molar-refractivity contribution in [1.82, 2.24) is 24.3 Å². The molecule has 1 aliphatic heterocycles. The number of carbonyl (C=O) groups is 1. The SMILES string of the molecule is COc1ccc(NC(=O)N2CCN(CCn3c(C(C)C)nc4cccnc43)CC2)cc1Cl. The Morgan fingerprint density at radius 2 is 1.97 bits per heavy atom. The summed E-state index contributed by atoms with van der Waals surface area (Å²) >= 11 is 6.15. The van der Waals surface area contributed by atoms with Crippen LogP contribution in [0.1, 0.15) is 25.6 Å². The van der Waals surface area contributed by atoms with Crippen molar-refractivity contribution in [3.8, 4) is 5.75 Å². The fourth-order valence-electron chi connectivity index (χ4n) is 4.00. The zero-order chi connectivity index (χ0) is 22.7. The van der Waals surface area contributed by atoms with Gasteiger partial charge in [-0.15, -0.1) is 0 Å². The molecule has 3 heterocycles. The molecule has 2 amide bonds. The number of pyridine rings is 1. The third-order valence-electron chi connectivity index (χ3n) is 5.75. The maximum atomic E-state index is 12.7. The number of fused-ring (bicyclic) bond motifs is 1. The molecular weight excluding hydrogens is 428 g/mol. The number of ether oxygens (including phenoxy) is 1. The van der Waals surface area contributed by atoms with E-state index in [1.165, 1.54) is 0 Å². The Balaban J connectivity index is 1.32. The summed E-state index contributed by atoms with van der Waals surface area (Å²) < 4.78 is 7.39. The normalized spacial score (nSPS) is 14.8. The number of aromatic nitrogens is 3. The van der Waals surface area contributed by atoms with E-state index in [0.717, 1.165) is 43.2 Å². The molecule has 0 saturated carbocycles. The van der Waals surface area contributed by atoms with E-state index in [9.17, 15) is 4.79 Å². The quantitative estimate of drug-likeness (QED) is 0.605. The van der Waals surface area contributed by atoms with Gasteiger partial charge in [0.05, 0.1) is 12.1 Å². The van der Waals surface area contributed by atoms with E-state index >= 15 is 0 Å². The number of imidazole rings is 1. The van der Waals surface area contributed by atoms with Crippen molar-refractivity contribution in [2.75, 3.05) is 45.2 Å². The molecule has 2 aromatic heterocycles. The highest BCUT2D eigenvalue weighted by molar-refractivity contribution is 6.32. The lowest BCUT2D eigenvalue weighted by molar-refractivity contribution is 0.144. The van der Waals surface area contributed by atoms with Crippen LogP contribution >= 0.6 is 11.6 Å². The molecule has 0 unspecified atom stereocenters. The molecular formula is C23H29ClN6O2. The zero-order valence-corrected chi connectivity index (χ0v) is 19.5. The summed E-state index contributed by atoms with van der Waals surface area (Å²) in [5.41, 5.74) is 2.53. The minimum absolute atomic E-state index is 0.113. The molecule has 1 aromatic carbocycles. The average Bonchev–Trinajstić information content (AvgIpc) is 3.17. The first-order chi connectivity index (χ1) is 15.5. The van der Waals surface area contributed by atoms with E-state index in [4.69, 9.17) is 21.3 Å². The number of nitrogens with zero attached hydrogens (tertiary/aromatic N) is 5. The van der Waals surface area contributed by atoms with Gasteiger partial charge in [0, 0.05) is 57.1 Å². The van der Waals surface area contributed by atoms with Crippen LogP contribution in [0.15, 0.2) is 36.5 Å². The Kier molecular flexibility index (Phi) is 6.81. The number of nitrogens with one attached hydrogen (secondary N) is 1. The summed E-state index contributed by atoms with van der Waals surface area (Å²) in [6, 6.07) is 9.05. The maximum Gasteiger partial charge on any atom is 0.321 e. The van der Waals surface area contributed by atoms with Crippen LogP contribution in [0.3, 0.4) is 0 Å². The van der Waals surface area contributed by atoms with Crippen LogP contribution in [-0.4, -0.2) is 70.2 Å². The van der Waals surface area contributed by atoms with Gasteiger partial charge in [-0.1, -0.05) is 25.4 Å². The summed E-state index contributed by atoms with van der Waals surface area (Å²) in [4.78, 5) is 26.2. The molecule has 4 rings (SSSR count). The van der Waals surface area contributed by atoms with Crippen molar-refractivity contribution >= 4 is 34.5 Å². The van der Waals surface area contributed by atoms with Gasteiger partial charge in [0.2, 0.25) is 0 Å². The van der Waals surface area contributed by atoms with Gasteiger partial charge < -0.3 is 19.5 Å². The number of rotatable bonds is 6. The number of methoxy groups -OCH3 is 1. The monoisotopic (exact) mass is 456 g/mol. The number of piperazine rings is 1. The summed E-state index contributed by atoms with van der Waals surface area (Å²) in [6.07, 6.45) is 1.82. The van der Waals surface area contributed by atoms with E-state index in [0.29, 0.717) is 35.5 Å². The van der Waals surface area contributed by atoms with E-state index in [1.54, 1.807) is 25.3 Å². The molecule has 8 nitrogen and oxygen atoms in total. The van der Waals surface area contributed by atoms with Crippen molar-refractivity contribution in [1.29, 1.82) is 0 Å². The standard InChI is InChI=1S/C23H29ClN6O2/c1-16(2)21-27-19-5-4-8-25-22(19)30(21)14-11-28-9-12-29(13-10-28)23(31)26-17-6-7-20(32-3)18(24)15-17/h4-8,15-16H,9-14H2,1-3H3,(H,26,31). The lowest BCUT2D eigenvalue weighted by Crippen LogP contribution is -2.50. The van der Waals surface area contributed by atoms with Gasteiger partial charge in [0.25, 0.3) is 0 Å². The molecule has 32 heavy (non-hydrogen) atoms. The smallest absolute Gasteiger partial charge is 0.321 e. The third-order valence-corrected chi connectivity index (χ3v) is 6.05. The number of halogens is 1. The molecule has 9 heteroatoms. The molecule has 0 radical (unpaired) electrons. The number of hydrogen-bond acceptors (Lipinski definition) is 5. The van der Waals surface area contributed by atoms with E-state index in [1.807, 2.05) is 23.2 Å². The molecule has 3 aromatic rings. The number of anilines is 1. The van der Waals surface area contributed by atoms with Crippen LogP contribution in [0.25, 0.3) is 11.2 Å². The van der Waals surface area contributed by atoms with Gasteiger partial charge >= 0.3 is 6.03 Å². The topological polar surface area (TPSA) is 75.5 Å². The Labute approximate surface area is 193 Å². The molecule has 170 valence electrons. The van der Waals surface area contributed by atoms with Crippen LogP contribution < -0.4 is 10.1 Å². The molecule has 0 bridgehead atoms. The Hall–Kier alpha value is -2.84. The largest absolute Gasteiger partial charge is 0.495 e. The Bertz CT molecular complexity index is 1090. The predicted octanol–water partition coefficient (Wildman–Crippen LogP) is 4.07. The van der Waals surface area contributed by atoms with Gasteiger partial charge in [0.15, 0.2) is 5.65 Å². The number of urea groups is 1. The minimum Gasteiger partial charge on any atom is -0.495 e. The molecule has 0 atom stereocenters. The summed E-state index contributed by atoms with van der Waals surface area (Å²) in [6.45, 7) is 9.05. The van der Waals surface area contributed by atoms with Gasteiger partial charge in [-0.2, -0.15) is 0 Å². The lowest BCUT2D eigenvalue weighted by atomic mass is 10.2. The van der Waals surface area contributed by atoms with E-state index < -0.39 is 0 Å². The highest BCUT2D eigenvalue weighted by atomic mass is 35.5. The lowest BCUT2D eigenvalue weighted by Gasteiger charge is -2.34. The highest BCUT2D eigenvalue weighted by Gasteiger charge is 2.22. The highest BCUT2D eigenvalue weighted by Crippen LogP contribution is 2.27. The zero-order valence-electron chi connectivity index (χ0n) is 18.7. The van der Waals surface area contributed by atoms with Crippen LogP contribution in [0.2, 0.25) is 5.02 Å². The first-order valence-electron chi connectivity index (χ1n) is 10.9. The fourth-order valence-corrected chi connectivity index (χ4v) is 4.26. The molecule has 1 fully saturated rings. The predicted molar refractivity (Wildman–Crippen MR) is 127 cm³/mol.